The average Bonchev–Trinajstić information content (AvgIpc) is 2.28. The summed E-state index contributed by atoms with van der Waals surface area (Å²) in [5.41, 5.74) is 0. The van der Waals surface area contributed by atoms with Gasteiger partial charge in [0.1, 0.15) is 0 Å². The van der Waals surface area contributed by atoms with E-state index in [-0.39, 0.29) is 25.6 Å². The van der Waals surface area contributed by atoms with Crippen LogP contribution in [0.4, 0.5) is 4.79 Å². The van der Waals surface area contributed by atoms with E-state index in [4.69, 9.17) is 9.84 Å². The number of aliphatic hydroxyl groups excluding tert-OH is 1. The van der Waals surface area contributed by atoms with Gasteiger partial charge in [0, 0.05) is 26.7 Å². The van der Waals surface area contributed by atoms with Crippen LogP contribution < -0.4 is 0 Å². The summed E-state index contributed by atoms with van der Waals surface area (Å²) in [7, 11) is 3.04. The molecule has 112 valence electrons. The van der Waals surface area contributed by atoms with Gasteiger partial charge >= 0.3 is 12.0 Å². The third-order valence-corrected chi connectivity index (χ3v) is 2.76. The van der Waals surface area contributed by atoms with Gasteiger partial charge in [-0.1, -0.05) is 0 Å². The first-order valence-electron chi connectivity index (χ1n) is 6.23. The van der Waals surface area contributed by atoms with E-state index in [2.05, 4.69) is 0 Å². The Morgan fingerprint density at radius 1 is 1.37 bits per heavy atom. The molecule has 2 amide bonds. The summed E-state index contributed by atoms with van der Waals surface area (Å²) < 4.78 is 4.79. The highest BCUT2D eigenvalue weighted by atomic mass is 16.5. The lowest BCUT2D eigenvalue weighted by atomic mass is 10.2. The molecule has 0 aliphatic heterocycles. The number of amides is 2. The molecule has 0 aliphatic rings. The number of aliphatic hydroxyl groups is 1. The van der Waals surface area contributed by atoms with Crippen LogP contribution in [0.25, 0.3) is 0 Å². The van der Waals surface area contributed by atoms with E-state index < -0.39 is 18.1 Å². The molecule has 7 nitrogen and oxygen atoms in total. The van der Waals surface area contributed by atoms with E-state index in [9.17, 15) is 14.7 Å². The summed E-state index contributed by atoms with van der Waals surface area (Å²) in [5.74, 6) is -0.944. The highest BCUT2D eigenvalue weighted by Gasteiger charge is 2.24. The second-order valence-electron chi connectivity index (χ2n) is 4.51. The van der Waals surface area contributed by atoms with Crippen molar-refractivity contribution in [1.82, 2.24) is 9.80 Å². The highest BCUT2D eigenvalue weighted by Crippen LogP contribution is 2.08. The second-order valence-corrected chi connectivity index (χ2v) is 4.51. The number of carbonyl (C=O) groups excluding carboxylic acids is 1. The Morgan fingerprint density at radius 2 is 1.95 bits per heavy atom. The minimum Gasteiger partial charge on any atom is -0.481 e. The largest absolute Gasteiger partial charge is 0.481 e. The van der Waals surface area contributed by atoms with Gasteiger partial charge in [0.25, 0.3) is 0 Å². The molecule has 0 spiro atoms. The van der Waals surface area contributed by atoms with Gasteiger partial charge in [0.15, 0.2) is 0 Å². The molecule has 2 atom stereocenters. The molecule has 7 heteroatoms. The van der Waals surface area contributed by atoms with Gasteiger partial charge in [-0.15, -0.1) is 0 Å². The normalized spacial score (nSPS) is 13.7. The van der Waals surface area contributed by atoms with Gasteiger partial charge in [-0.2, -0.15) is 0 Å². The first-order valence-corrected chi connectivity index (χ1v) is 6.23. The van der Waals surface area contributed by atoms with Crippen LogP contribution >= 0.6 is 0 Å². The van der Waals surface area contributed by atoms with E-state index in [0.717, 1.165) is 0 Å². The van der Waals surface area contributed by atoms with Crippen LogP contribution in [0.15, 0.2) is 0 Å². The van der Waals surface area contributed by atoms with Crippen molar-refractivity contribution in [2.24, 2.45) is 0 Å². The summed E-state index contributed by atoms with van der Waals surface area (Å²) in [6.45, 7) is 4.18. The lowest BCUT2D eigenvalue weighted by molar-refractivity contribution is -0.138. The molecule has 0 radical (unpaired) electrons. The lowest BCUT2D eigenvalue weighted by Crippen LogP contribution is -2.48. The fraction of sp³-hybridized carbons (Fsp3) is 0.833. The van der Waals surface area contributed by atoms with Gasteiger partial charge < -0.3 is 24.7 Å². The first-order chi connectivity index (χ1) is 8.83. The number of rotatable bonds is 8. The van der Waals surface area contributed by atoms with Crippen LogP contribution in [0, 0.1) is 0 Å². The molecule has 0 saturated carbocycles. The van der Waals surface area contributed by atoms with Crippen LogP contribution in [0.3, 0.4) is 0 Å². The Kier molecular flexibility index (Phi) is 8.09. The molecule has 0 bridgehead atoms. The smallest absolute Gasteiger partial charge is 0.320 e. The van der Waals surface area contributed by atoms with Crippen molar-refractivity contribution in [2.45, 2.75) is 32.4 Å². The standard InChI is InChI=1S/C12H24N2O5/c1-5-14(9(2)6-11(16)17)12(18)13(3)7-10(15)8-19-4/h9-10,15H,5-8H2,1-4H3,(H,16,17). The molecule has 2 unspecified atom stereocenters. The molecule has 0 saturated heterocycles. The Morgan fingerprint density at radius 3 is 2.37 bits per heavy atom. The van der Waals surface area contributed by atoms with E-state index in [1.54, 1.807) is 20.9 Å². The Balaban J connectivity index is 4.52. The Hall–Kier alpha value is -1.34. The average molecular weight is 276 g/mol. The number of hydrogen-bond acceptors (Lipinski definition) is 4. The lowest BCUT2D eigenvalue weighted by Gasteiger charge is -2.32. The third kappa shape index (κ3) is 6.40. The molecule has 19 heavy (non-hydrogen) atoms. The summed E-state index contributed by atoms with van der Waals surface area (Å²) in [6.07, 6.45) is -0.860. The number of nitrogens with zero attached hydrogens (tertiary/aromatic N) is 2. The summed E-state index contributed by atoms with van der Waals surface area (Å²) in [6, 6.07) is -0.691. The van der Waals surface area contributed by atoms with Gasteiger partial charge in [0.2, 0.25) is 0 Å². The minimum absolute atomic E-state index is 0.103. The van der Waals surface area contributed by atoms with Crippen LogP contribution in [0.5, 0.6) is 0 Å². The van der Waals surface area contributed by atoms with Gasteiger partial charge in [-0.3, -0.25) is 4.79 Å². The second kappa shape index (κ2) is 8.71. The van der Waals surface area contributed by atoms with Crippen molar-refractivity contribution >= 4 is 12.0 Å². The molecule has 0 aromatic rings. The number of carbonyl (C=O) groups is 2. The maximum absolute atomic E-state index is 12.1. The molecule has 0 heterocycles. The number of ether oxygens (including phenoxy) is 1. The van der Waals surface area contributed by atoms with E-state index in [1.807, 2.05) is 0 Å². The zero-order valence-corrected chi connectivity index (χ0v) is 12.0. The van der Waals surface area contributed by atoms with Crippen molar-refractivity contribution < 1.29 is 24.5 Å². The fourth-order valence-electron chi connectivity index (χ4n) is 1.86. The van der Waals surface area contributed by atoms with Crippen LogP contribution in [0.1, 0.15) is 20.3 Å². The number of urea groups is 1. The third-order valence-electron chi connectivity index (χ3n) is 2.76. The number of likely N-dealkylation sites (N-methyl/N-ethyl adjacent to an activating group) is 1. The number of methoxy groups -OCH3 is 1. The molecule has 0 fully saturated rings. The predicted molar refractivity (Wildman–Crippen MR) is 70.0 cm³/mol. The zero-order chi connectivity index (χ0) is 15.0. The topological polar surface area (TPSA) is 90.3 Å². The summed E-state index contributed by atoms with van der Waals surface area (Å²) >= 11 is 0. The van der Waals surface area contributed by atoms with Crippen LogP contribution in [-0.2, 0) is 9.53 Å². The SMILES string of the molecule is CCN(C(=O)N(C)CC(O)COC)C(C)CC(=O)O. The highest BCUT2D eigenvalue weighted by molar-refractivity contribution is 5.75. The molecular weight excluding hydrogens is 252 g/mol. The molecular formula is C12H24N2O5. The van der Waals surface area contributed by atoms with Gasteiger partial charge in [-0.25, -0.2) is 4.79 Å². The van der Waals surface area contributed by atoms with E-state index in [0.29, 0.717) is 6.54 Å². The summed E-state index contributed by atoms with van der Waals surface area (Å²) in [4.78, 5) is 25.7. The van der Waals surface area contributed by atoms with Crippen molar-refractivity contribution in [3.8, 4) is 0 Å². The van der Waals surface area contributed by atoms with Crippen LogP contribution in [-0.4, -0.2) is 78.0 Å². The van der Waals surface area contributed by atoms with Crippen molar-refractivity contribution in [1.29, 1.82) is 0 Å². The predicted octanol–water partition coefficient (Wildman–Crippen LogP) is 0.231. The number of carboxylic acids is 1. The fourth-order valence-corrected chi connectivity index (χ4v) is 1.86. The van der Waals surface area contributed by atoms with Crippen molar-refractivity contribution in [3.63, 3.8) is 0 Å². The number of aliphatic carboxylic acids is 1. The molecule has 0 aromatic heterocycles. The van der Waals surface area contributed by atoms with E-state index in [1.165, 1.54) is 16.9 Å². The number of carboxylic acid groups (broad SMARTS) is 1. The van der Waals surface area contributed by atoms with Crippen molar-refractivity contribution in [2.75, 3.05) is 33.9 Å². The van der Waals surface area contributed by atoms with Crippen molar-refractivity contribution in [3.05, 3.63) is 0 Å². The molecule has 0 aromatic carbocycles. The van der Waals surface area contributed by atoms with Gasteiger partial charge in [0.05, 0.1) is 25.7 Å². The maximum Gasteiger partial charge on any atom is 0.320 e. The molecule has 0 aliphatic carbocycles. The number of hydrogen-bond donors (Lipinski definition) is 2. The van der Waals surface area contributed by atoms with Crippen LogP contribution in [0.2, 0.25) is 0 Å². The Labute approximate surface area is 113 Å². The van der Waals surface area contributed by atoms with Gasteiger partial charge in [-0.05, 0) is 13.8 Å². The minimum atomic E-state index is -0.944. The summed E-state index contributed by atoms with van der Waals surface area (Å²) in [5, 5.41) is 18.3. The first kappa shape index (κ1) is 17.7. The quantitative estimate of drug-likeness (QED) is 0.662. The molecule has 2 N–H and O–H groups in total. The van der Waals surface area contributed by atoms with E-state index >= 15 is 0 Å². The zero-order valence-electron chi connectivity index (χ0n) is 12.0. The maximum atomic E-state index is 12.1. The monoisotopic (exact) mass is 276 g/mol. The Bertz CT molecular complexity index is 298. The molecule has 0 rings (SSSR count).